The van der Waals surface area contributed by atoms with Gasteiger partial charge in [0.15, 0.2) is 0 Å². The third-order valence-corrected chi connectivity index (χ3v) is 5.55. The molecule has 0 aromatic heterocycles. The minimum absolute atomic E-state index is 0.108. The fourth-order valence-electron chi connectivity index (χ4n) is 3.50. The zero-order valence-corrected chi connectivity index (χ0v) is 17.1. The predicted octanol–water partition coefficient (Wildman–Crippen LogP) is 3.78. The molecule has 1 amide bonds. The minimum atomic E-state index is -0.508. The largest absolute Gasteiger partial charge is 0.323 e. The highest BCUT2D eigenvalue weighted by Gasteiger charge is 2.25. The van der Waals surface area contributed by atoms with Gasteiger partial charge < -0.3 is 5.32 Å². The molecule has 1 heterocycles. The summed E-state index contributed by atoms with van der Waals surface area (Å²) in [7, 11) is 0. The highest BCUT2D eigenvalue weighted by Crippen LogP contribution is 2.27. The molecule has 2 aromatic carbocycles. The second-order valence-electron chi connectivity index (χ2n) is 7.24. The van der Waals surface area contributed by atoms with Crippen LogP contribution in [0.15, 0.2) is 48.5 Å². The van der Waals surface area contributed by atoms with Crippen molar-refractivity contribution < 1.29 is 9.72 Å². The number of carbonyl (C=O) groups excluding carboxylic acids is 1. The minimum Gasteiger partial charge on any atom is -0.323 e. The number of rotatable bonds is 6. The number of nitrogens with one attached hydrogen (secondary N) is 1. The van der Waals surface area contributed by atoms with Gasteiger partial charge in [0.25, 0.3) is 5.69 Å². The maximum absolute atomic E-state index is 12.7. The van der Waals surface area contributed by atoms with E-state index < -0.39 is 4.92 Å². The number of carbonyl (C=O) groups is 1. The van der Waals surface area contributed by atoms with Crippen LogP contribution in [0.5, 0.6) is 0 Å². The Kier molecular flexibility index (Phi) is 7.19. The molecule has 2 aromatic rings. The Bertz CT molecular complexity index is 862. The number of halogens is 1. The Morgan fingerprint density at radius 3 is 2.66 bits per heavy atom. The molecule has 1 saturated heterocycles. The third kappa shape index (κ3) is 5.76. The summed E-state index contributed by atoms with van der Waals surface area (Å²) < 4.78 is 0. The van der Waals surface area contributed by atoms with Crippen LogP contribution in [0.4, 0.5) is 11.4 Å². The van der Waals surface area contributed by atoms with Crippen LogP contribution >= 0.6 is 11.6 Å². The molecule has 1 fully saturated rings. The number of hydrogen-bond donors (Lipinski definition) is 1. The van der Waals surface area contributed by atoms with E-state index in [0.29, 0.717) is 0 Å². The molecule has 1 N–H and O–H groups in total. The van der Waals surface area contributed by atoms with Crippen molar-refractivity contribution in [3.8, 4) is 0 Å². The van der Waals surface area contributed by atoms with Gasteiger partial charge in [-0.2, -0.15) is 0 Å². The number of nitrogens with zero attached hydrogens (tertiary/aromatic N) is 3. The maximum atomic E-state index is 12.7. The highest BCUT2D eigenvalue weighted by atomic mass is 35.5. The van der Waals surface area contributed by atoms with Crippen LogP contribution in [0, 0.1) is 10.1 Å². The van der Waals surface area contributed by atoms with Gasteiger partial charge in [-0.3, -0.25) is 24.7 Å². The van der Waals surface area contributed by atoms with Crippen LogP contribution in [0.2, 0.25) is 5.02 Å². The van der Waals surface area contributed by atoms with Gasteiger partial charge in [-0.25, -0.2) is 0 Å². The monoisotopic (exact) mass is 416 g/mol. The number of hydrogen-bond acceptors (Lipinski definition) is 5. The molecule has 1 aliphatic heterocycles. The van der Waals surface area contributed by atoms with Crippen LogP contribution in [-0.2, 0) is 11.3 Å². The first-order valence-electron chi connectivity index (χ1n) is 9.69. The van der Waals surface area contributed by atoms with Crippen molar-refractivity contribution in [3.63, 3.8) is 0 Å². The van der Waals surface area contributed by atoms with E-state index in [1.165, 1.54) is 23.8 Å². The first-order chi connectivity index (χ1) is 13.9. The highest BCUT2D eigenvalue weighted by molar-refractivity contribution is 6.33. The average molecular weight is 417 g/mol. The molecule has 1 aliphatic rings. The van der Waals surface area contributed by atoms with E-state index in [9.17, 15) is 14.9 Å². The predicted molar refractivity (Wildman–Crippen MR) is 114 cm³/mol. The van der Waals surface area contributed by atoms with Gasteiger partial charge in [0.1, 0.15) is 0 Å². The Morgan fingerprint density at radius 1 is 1.17 bits per heavy atom. The zero-order chi connectivity index (χ0) is 20.8. The summed E-state index contributed by atoms with van der Waals surface area (Å²) in [5, 5.41) is 14.0. The molecule has 154 valence electrons. The Morgan fingerprint density at radius 2 is 1.93 bits per heavy atom. The molecule has 0 bridgehead atoms. The molecular formula is C21H25ClN4O3. The Labute approximate surface area is 175 Å². The topological polar surface area (TPSA) is 78.7 Å². The van der Waals surface area contributed by atoms with Crippen molar-refractivity contribution in [3.05, 3.63) is 69.2 Å². The van der Waals surface area contributed by atoms with Crippen LogP contribution in [0.25, 0.3) is 0 Å². The third-order valence-electron chi connectivity index (χ3n) is 5.22. The lowest BCUT2D eigenvalue weighted by atomic mass is 10.2. The fourth-order valence-corrected chi connectivity index (χ4v) is 3.67. The molecule has 1 unspecified atom stereocenters. The van der Waals surface area contributed by atoms with Gasteiger partial charge in [-0.05, 0) is 31.5 Å². The summed E-state index contributed by atoms with van der Waals surface area (Å²) in [4.78, 5) is 27.7. The normalized spacial score (nSPS) is 16.8. The summed E-state index contributed by atoms with van der Waals surface area (Å²) >= 11 is 6.10. The number of nitro benzene ring substituents is 1. The van der Waals surface area contributed by atoms with E-state index >= 15 is 0 Å². The van der Waals surface area contributed by atoms with E-state index in [2.05, 4.69) is 27.2 Å². The summed E-state index contributed by atoms with van der Waals surface area (Å²) in [6, 6.07) is 14.0. The van der Waals surface area contributed by atoms with Crippen molar-refractivity contribution in [1.29, 1.82) is 0 Å². The van der Waals surface area contributed by atoms with Crippen LogP contribution in [0.3, 0.4) is 0 Å². The molecular weight excluding hydrogens is 392 g/mol. The quantitative estimate of drug-likeness (QED) is 0.572. The van der Waals surface area contributed by atoms with E-state index in [0.717, 1.165) is 39.1 Å². The summed E-state index contributed by atoms with van der Waals surface area (Å²) in [6.45, 7) is 6.22. The van der Waals surface area contributed by atoms with E-state index in [-0.39, 0.29) is 28.3 Å². The Balaban J connectivity index is 1.58. The van der Waals surface area contributed by atoms with E-state index in [1.54, 1.807) is 0 Å². The van der Waals surface area contributed by atoms with Crippen LogP contribution < -0.4 is 5.32 Å². The van der Waals surface area contributed by atoms with Gasteiger partial charge in [0.05, 0.1) is 21.7 Å². The van der Waals surface area contributed by atoms with E-state index in [1.807, 2.05) is 25.1 Å². The smallest absolute Gasteiger partial charge is 0.271 e. The lowest BCUT2D eigenvalue weighted by molar-refractivity contribution is -0.384. The number of amides is 1. The lowest BCUT2D eigenvalue weighted by Gasteiger charge is -2.27. The van der Waals surface area contributed by atoms with Crippen LogP contribution in [-0.4, -0.2) is 52.9 Å². The van der Waals surface area contributed by atoms with Crippen molar-refractivity contribution in [2.24, 2.45) is 0 Å². The van der Waals surface area contributed by atoms with E-state index in [4.69, 9.17) is 11.6 Å². The number of benzene rings is 2. The van der Waals surface area contributed by atoms with Crippen molar-refractivity contribution in [2.75, 3.05) is 31.5 Å². The second-order valence-corrected chi connectivity index (χ2v) is 7.64. The number of non-ortho nitro benzene ring substituents is 1. The maximum Gasteiger partial charge on any atom is 0.271 e. The molecule has 3 rings (SSSR count). The summed E-state index contributed by atoms with van der Waals surface area (Å²) in [5.74, 6) is -0.219. The number of anilines is 1. The second kappa shape index (κ2) is 9.82. The molecule has 0 aliphatic carbocycles. The Hall–Kier alpha value is -2.48. The average Bonchev–Trinajstić information content (AvgIpc) is 2.95. The molecule has 0 saturated carbocycles. The standard InChI is InChI=1S/C21H25ClN4O3/c1-16(21(27)23-20-14-18(26(28)29)8-9-19(20)22)25-11-5-10-24(12-13-25)15-17-6-3-2-4-7-17/h2-4,6-9,14,16H,5,10-13,15H2,1H3,(H,23,27). The first-order valence-corrected chi connectivity index (χ1v) is 10.1. The zero-order valence-electron chi connectivity index (χ0n) is 16.4. The van der Waals surface area contributed by atoms with Crippen molar-refractivity contribution in [1.82, 2.24) is 9.80 Å². The lowest BCUT2D eigenvalue weighted by Crippen LogP contribution is -2.43. The summed E-state index contributed by atoms with van der Waals surface area (Å²) in [5.41, 5.74) is 1.44. The molecule has 29 heavy (non-hydrogen) atoms. The van der Waals surface area contributed by atoms with Crippen LogP contribution in [0.1, 0.15) is 18.9 Å². The molecule has 1 atom stereocenters. The SMILES string of the molecule is CC(C(=O)Nc1cc([N+](=O)[O-])ccc1Cl)N1CCCN(Cc2ccccc2)CC1. The van der Waals surface area contributed by atoms with Gasteiger partial charge in [-0.1, -0.05) is 41.9 Å². The summed E-state index contributed by atoms with van der Waals surface area (Å²) in [6.07, 6.45) is 0.974. The molecule has 7 nitrogen and oxygen atoms in total. The molecule has 8 heteroatoms. The molecule has 0 radical (unpaired) electrons. The molecule has 0 spiro atoms. The van der Waals surface area contributed by atoms with Gasteiger partial charge in [0.2, 0.25) is 5.91 Å². The van der Waals surface area contributed by atoms with Gasteiger partial charge in [0, 0.05) is 38.3 Å². The van der Waals surface area contributed by atoms with Gasteiger partial charge in [-0.15, -0.1) is 0 Å². The first kappa shape index (κ1) is 21.2. The number of nitro groups is 1. The fraction of sp³-hybridized carbons (Fsp3) is 0.381. The van der Waals surface area contributed by atoms with Gasteiger partial charge >= 0.3 is 0 Å². The van der Waals surface area contributed by atoms with Crippen molar-refractivity contribution >= 4 is 28.9 Å². The van der Waals surface area contributed by atoms with Crippen molar-refractivity contribution in [2.45, 2.75) is 25.9 Å².